The lowest BCUT2D eigenvalue weighted by molar-refractivity contribution is -0.138. The van der Waals surface area contributed by atoms with Crippen molar-refractivity contribution >= 4 is 22.7 Å². The van der Waals surface area contributed by atoms with Gasteiger partial charge in [0.15, 0.2) is 0 Å². The highest BCUT2D eigenvalue weighted by atomic mass is 16.5. The van der Waals surface area contributed by atoms with E-state index in [4.69, 9.17) is 9.47 Å². The van der Waals surface area contributed by atoms with Gasteiger partial charge in [-0.2, -0.15) is 0 Å². The molecule has 0 fully saturated rings. The summed E-state index contributed by atoms with van der Waals surface area (Å²) >= 11 is 0. The van der Waals surface area contributed by atoms with Crippen LogP contribution in [0.15, 0.2) is 66.2 Å². The third-order valence-corrected chi connectivity index (χ3v) is 7.29. The number of aliphatic hydroxyl groups is 2. The fourth-order valence-corrected chi connectivity index (χ4v) is 5.47. The summed E-state index contributed by atoms with van der Waals surface area (Å²) in [5, 5.41) is 24.6. The molecular weight excluding hydrogens is 486 g/mol. The Hall–Kier alpha value is -3.66. The fraction of sp³-hybridized carbons (Fsp3) is 0.379. The average molecular weight is 520 g/mol. The maximum absolute atomic E-state index is 13.4. The molecule has 2 amide bonds. The highest BCUT2D eigenvalue weighted by Crippen LogP contribution is 2.47. The van der Waals surface area contributed by atoms with E-state index < -0.39 is 24.2 Å². The van der Waals surface area contributed by atoms with Crippen molar-refractivity contribution in [3.63, 3.8) is 0 Å². The molecule has 2 aromatic carbocycles. The Balaban J connectivity index is 1.48. The topological polar surface area (TPSA) is 124 Å². The van der Waals surface area contributed by atoms with Crippen LogP contribution in [0.1, 0.15) is 23.6 Å². The molecule has 0 bridgehead atoms. The predicted molar refractivity (Wildman–Crippen MR) is 142 cm³/mol. The molecule has 3 aromatic rings. The second kappa shape index (κ2) is 11.4. The average Bonchev–Trinajstić information content (AvgIpc) is 3.53. The van der Waals surface area contributed by atoms with E-state index in [2.05, 4.69) is 16.4 Å². The summed E-state index contributed by atoms with van der Waals surface area (Å²) < 4.78 is 11.3. The number of carbonyl (C=O) groups excluding carboxylic acids is 2. The van der Waals surface area contributed by atoms with Gasteiger partial charge in [-0.15, -0.1) is 0 Å². The van der Waals surface area contributed by atoms with Crippen molar-refractivity contribution in [2.75, 3.05) is 33.4 Å². The first-order valence-electron chi connectivity index (χ1n) is 12.9. The van der Waals surface area contributed by atoms with Gasteiger partial charge in [0.25, 0.3) is 0 Å². The van der Waals surface area contributed by atoms with E-state index in [1.807, 2.05) is 48.5 Å². The standard InChI is InChI=1S/C29H33N3O6/c1-37-15-11-25(34)32(13-10-19-16-18-6-2-4-8-22(18)31-19)23-17-21(29(36)30-12-14-33)26-20-7-3-5-9-24(20)38-28(26)27(23)35/h2-9,16-17,23,26-28,31,33,35H,10-15H2,1H3,(H,30,36)/t23-,26+,27+,28+/m1/s1. The molecule has 0 spiro atoms. The number of aromatic amines is 1. The molecule has 9 heteroatoms. The number of fused-ring (bicyclic) bond motifs is 4. The number of hydrogen-bond acceptors (Lipinski definition) is 6. The molecule has 4 N–H and O–H groups in total. The first-order valence-corrected chi connectivity index (χ1v) is 12.9. The molecule has 4 atom stereocenters. The summed E-state index contributed by atoms with van der Waals surface area (Å²) in [6.45, 7) is 0.466. The fourth-order valence-electron chi connectivity index (χ4n) is 5.47. The number of para-hydroxylation sites is 2. The molecule has 5 rings (SSSR count). The number of methoxy groups -OCH3 is 1. The van der Waals surface area contributed by atoms with E-state index in [-0.39, 0.29) is 38.0 Å². The Labute approximate surface area is 221 Å². The number of carbonyl (C=O) groups is 2. The van der Waals surface area contributed by atoms with E-state index in [0.29, 0.717) is 24.3 Å². The Morgan fingerprint density at radius 1 is 1.16 bits per heavy atom. The number of amides is 2. The van der Waals surface area contributed by atoms with Crippen molar-refractivity contribution in [3.8, 4) is 5.75 Å². The van der Waals surface area contributed by atoms with E-state index in [1.54, 1.807) is 11.0 Å². The summed E-state index contributed by atoms with van der Waals surface area (Å²) in [5.74, 6) is -0.419. The van der Waals surface area contributed by atoms with Crippen LogP contribution >= 0.6 is 0 Å². The van der Waals surface area contributed by atoms with Crippen molar-refractivity contribution in [1.82, 2.24) is 15.2 Å². The van der Waals surface area contributed by atoms with E-state index in [9.17, 15) is 19.8 Å². The van der Waals surface area contributed by atoms with Crippen molar-refractivity contribution in [1.29, 1.82) is 0 Å². The van der Waals surface area contributed by atoms with Gasteiger partial charge in [-0.05, 0) is 29.7 Å². The van der Waals surface area contributed by atoms with Crippen molar-refractivity contribution in [3.05, 3.63) is 77.5 Å². The first kappa shape index (κ1) is 26.0. The number of benzene rings is 2. The molecule has 1 aliphatic heterocycles. The van der Waals surface area contributed by atoms with Crippen LogP contribution < -0.4 is 10.1 Å². The Morgan fingerprint density at radius 3 is 2.74 bits per heavy atom. The van der Waals surface area contributed by atoms with E-state index in [1.165, 1.54) is 7.11 Å². The molecule has 0 unspecified atom stereocenters. The minimum Gasteiger partial charge on any atom is -0.486 e. The number of rotatable bonds is 10. The smallest absolute Gasteiger partial charge is 0.247 e. The maximum atomic E-state index is 13.4. The van der Waals surface area contributed by atoms with Crippen LogP contribution in [-0.4, -0.2) is 83.6 Å². The molecule has 0 saturated heterocycles. The summed E-state index contributed by atoms with van der Waals surface area (Å²) in [5.41, 5.74) is 3.21. The first-order chi connectivity index (χ1) is 18.5. The monoisotopic (exact) mass is 519 g/mol. The second-order valence-electron chi connectivity index (χ2n) is 9.64. The van der Waals surface area contributed by atoms with E-state index >= 15 is 0 Å². The zero-order chi connectivity index (χ0) is 26.6. The highest BCUT2D eigenvalue weighted by molar-refractivity contribution is 5.96. The van der Waals surface area contributed by atoms with E-state index in [0.717, 1.165) is 22.2 Å². The molecular formula is C29H33N3O6. The molecule has 1 aliphatic carbocycles. The van der Waals surface area contributed by atoms with Crippen LogP contribution in [0.3, 0.4) is 0 Å². The van der Waals surface area contributed by atoms with Crippen molar-refractivity contribution in [2.45, 2.75) is 37.0 Å². The third kappa shape index (κ3) is 5.05. The van der Waals surface area contributed by atoms with Crippen LogP contribution in [0.25, 0.3) is 10.9 Å². The normalized spacial score (nSPS) is 21.8. The lowest BCUT2D eigenvalue weighted by Gasteiger charge is -2.40. The molecule has 0 radical (unpaired) electrons. The minimum atomic E-state index is -1.06. The molecule has 1 aromatic heterocycles. The lowest BCUT2D eigenvalue weighted by Crippen LogP contribution is -2.56. The number of H-pyrrole nitrogens is 1. The summed E-state index contributed by atoms with van der Waals surface area (Å²) in [6.07, 6.45) is 0.576. The number of ether oxygens (including phenoxy) is 2. The van der Waals surface area contributed by atoms with Gasteiger partial charge in [0, 0.05) is 49.0 Å². The molecule has 2 aliphatic rings. The van der Waals surface area contributed by atoms with Crippen LogP contribution in [0.2, 0.25) is 0 Å². The maximum Gasteiger partial charge on any atom is 0.247 e. The summed E-state index contributed by atoms with van der Waals surface area (Å²) in [6, 6.07) is 16.7. The summed E-state index contributed by atoms with van der Waals surface area (Å²) in [7, 11) is 1.54. The van der Waals surface area contributed by atoms with Gasteiger partial charge in [-0.1, -0.05) is 36.4 Å². The third-order valence-electron chi connectivity index (χ3n) is 7.29. The largest absolute Gasteiger partial charge is 0.486 e. The zero-order valence-corrected chi connectivity index (χ0v) is 21.3. The Kier molecular flexibility index (Phi) is 7.78. The minimum absolute atomic E-state index is 0.0974. The van der Waals surface area contributed by atoms with Gasteiger partial charge >= 0.3 is 0 Å². The molecule has 200 valence electrons. The number of hydrogen-bond donors (Lipinski definition) is 4. The molecule has 38 heavy (non-hydrogen) atoms. The van der Waals surface area contributed by atoms with Gasteiger partial charge in [-0.25, -0.2) is 0 Å². The van der Waals surface area contributed by atoms with Crippen molar-refractivity contribution in [2.24, 2.45) is 0 Å². The zero-order valence-electron chi connectivity index (χ0n) is 21.3. The van der Waals surface area contributed by atoms with Gasteiger partial charge < -0.3 is 34.9 Å². The SMILES string of the molecule is COCCC(=O)N(CCc1cc2ccccc2[nH]1)[C@@H]1C=C(C(=O)NCCO)[C@@H]2c3ccccc3O[C@@H]2[C@H]1O. The van der Waals surface area contributed by atoms with Crippen LogP contribution in [0.5, 0.6) is 5.75 Å². The predicted octanol–water partition coefficient (Wildman–Crippen LogP) is 1.90. The Morgan fingerprint density at radius 2 is 1.95 bits per heavy atom. The van der Waals surface area contributed by atoms with Gasteiger partial charge in [-0.3, -0.25) is 9.59 Å². The summed E-state index contributed by atoms with van der Waals surface area (Å²) in [4.78, 5) is 31.7. The molecule has 9 nitrogen and oxygen atoms in total. The van der Waals surface area contributed by atoms with Crippen LogP contribution in [0, 0.1) is 0 Å². The highest BCUT2D eigenvalue weighted by Gasteiger charge is 2.50. The van der Waals surface area contributed by atoms with Gasteiger partial charge in [0.1, 0.15) is 18.0 Å². The number of aliphatic hydroxyl groups excluding tert-OH is 2. The molecule has 2 heterocycles. The quantitative estimate of drug-likeness (QED) is 0.324. The lowest BCUT2D eigenvalue weighted by atomic mass is 9.77. The number of nitrogens with zero attached hydrogens (tertiary/aromatic N) is 1. The number of nitrogens with one attached hydrogen (secondary N) is 2. The number of aromatic nitrogens is 1. The Bertz CT molecular complexity index is 1300. The second-order valence-corrected chi connectivity index (χ2v) is 9.64. The van der Waals surface area contributed by atoms with Crippen LogP contribution in [0.4, 0.5) is 0 Å². The van der Waals surface area contributed by atoms with Crippen molar-refractivity contribution < 1.29 is 29.3 Å². The van der Waals surface area contributed by atoms with Gasteiger partial charge in [0.2, 0.25) is 11.8 Å². The van der Waals surface area contributed by atoms with Crippen LogP contribution in [-0.2, 0) is 20.7 Å². The molecule has 0 saturated carbocycles. The van der Waals surface area contributed by atoms with Gasteiger partial charge in [0.05, 0.1) is 31.6 Å².